The van der Waals surface area contributed by atoms with Crippen LogP contribution in [0.4, 0.5) is 11.6 Å². The number of nitrogens with one attached hydrogen (secondary N) is 6. The van der Waals surface area contributed by atoms with Crippen LogP contribution in [-0.2, 0) is 30.5 Å². The topological polar surface area (TPSA) is 306 Å². The summed E-state index contributed by atoms with van der Waals surface area (Å²) in [4.78, 5) is 105. The molecule has 3 aromatic rings. The first-order valence-electron chi connectivity index (χ1n) is 30.5. The van der Waals surface area contributed by atoms with Gasteiger partial charge in [-0.1, -0.05) is 141 Å². The van der Waals surface area contributed by atoms with Gasteiger partial charge in [-0.15, -0.1) is 0 Å². The molecule has 0 bridgehead atoms. The number of fused-ring (bicyclic) bond motifs is 1. The zero-order valence-electron chi connectivity index (χ0n) is 49.0. The Hall–Kier alpha value is -6.50. The third kappa shape index (κ3) is 31.3. The molecule has 0 spiro atoms. The summed E-state index contributed by atoms with van der Waals surface area (Å²) in [6.07, 6.45) is 40.3. The lowest BCUT2D eigenvalue weighted by Crippen LogP contribution is -2.55. The average molecular weight is 1130 g/mol. The van der Waals surface area contributed by atoms with Crippen LogP contribution >= 0.6 is 0 Å². The number of carboxylic acids is 1. The lowest BCUT2D eigenvalue weighted by atomic mass is 9.87. The molecule has 0 aliphatic carbocycles. The molecule has 0 fully saturated rings. The van der Waals surface area contributed by atoms with E-state index < -0.39 is 47.0 Å². The van der Waals surface area contributed by atoms with Crippen molar-refractivity contribution in [3.8, 4) is 0 Å². The fraction of sp³-hybridized carbons (Fsp3) is 0.645. The lowest BCUT2D eigenvalue weighted by Gasteiger charge is -2.33. The minimum atomic E-state index is -1.42. The molecule has 0 saturated carbocycles. The van der Waals surface area contributed by atoms with E-state index in [0.29, 0.717) is 24.2 Å². The average Bonchev–Trinajstić information content (AvgIpc) is 3.49. The van der Waals surface area contributed by atoms with Gasteiger partial charge < -0.3 is 48.1 Å². The standard InChI is InChI=1S/C62H99N11O8/c1-3-5-7-9-11-13-15-17-19-21-23-25-27-29-31-33-53(75)67-45-62(44-63,46-68-54(76)34-32-30-28-26-24-22-20-18-16-14-12-10-8-6-4-2)47-69-55(77)41-51(74)39-40-52(60(80)81)71-58(78)48-35-37-49(38-36-48)65-42-50-43-66-57-56(70-50)59(79)73-61(64)72-57/h17-20,35-38,43,52,65H,3-16,21-34,39-42,44-47,63H2,1-2H3,(H,67,75)(H,68,76)(H,69,77)(H,71,78)(H,80,81)(H3,64,66,72,73,79)/b19-17-,20-18-/t52-/m0/s1. The van der Waals surface area contributed by atoms with Crippen LogP contribution < -0.4 is 43.6 Å². The number of carboxylic acid groups (broad SMARTS) is 1. The van der Waals surface area contributed by atoms with E-state index in [-0.39, 0.29) is 80.1 Å². The number of carbonyl (C=O) groups excluding carboxylic acids is 5. The summed E-state index contributed by atoms with van der Waals surface area (Å²) >= 11 is 0. The number of benzene rings is 1. The fourth-order valence-corrected chi connectivity index (χ4v) is 9.28. The Morgan fingerprint density at radius 3 is 1.58 bits per heavy atom. The van der Waals surface area contributed by atoms with Crippen molar-refractivity contribution in [2.45, 2.75) is 225 Å². The number of nitrogen functional groups attached to an aromatic ring is 1. The number of aromatic nitrogens is 4. The van der Waals surface area contributed by atoms with Crippen molar-refractivity contribution in [1.29, 1.82) is 0 Å². The van der Waals surface area contributed by atoms with E-state index in [1.54, 1.807) is 12.1 Å². The van der Waals surface area contributed by atoms with Gasteiger partial charge in [0.1, 0.15) is 11.8 Å². The first-order chi connectivity index (χ1) is 39.3. The highest BCUT2D eigenvalue weighted by Crippen LogP contribution is 2.17. The molecule has 11 N–H and O–H groups in total. The van der Waals surface area contributed by atoms with E-state index in [1.807, 2.05) is 0 Å². The van der Waals surface area contributed by atoms with Gasteiger partial charge in [-0.25, -0.2) is 14.8 Å². The molecule has 0 unspecified atom stereocenters. The number of hydrogen-bond acceptors (Lipinski definition) is 13. The Balaban J connectivity index is 1.45. The molecule has 4 amide bonds. The summed E-state index contributed by atoms with van der Waals surface area (Å²) in [6.45, 7) is 4.82. The number of Topliss-reactive ketones (excluding diaryl/α,β-unsaturated/α-hetero) is 1. The molecule has 3 rings (SSSR count). The van der Waals surface area contributed by atoms with E-state index in [4.69, 9.17) is 11.5 Å². The van der Waals surface area contributed by atoms with Crippen molar-refractivity contribution in [1.82, 2.24) is 41.2 Å². The molecule has 1 atom stereocenters. The molecule has 81 heavy (non-hydrogen) atoms. The number of aromatic amines is 1. The molecule has 0 aliphatic rings. The summed E-state index contributed by atoms with van der Waals surface area (Å²) in [5, 5.41) is 24.3. The van der Waals surface area contributed by atoms with Gasteiger partial charge in [0.15, 0.2) is 11.2 Å². The maximum Gasteiger partial charge on any atom is 0.326 e. The minimum absolute atomic E-state index is 0.0141. The largest absolute Gasteiger partial charge is 0.480 e. The van der Waals surface area contributed by atoms with Gasteiger partial charge >= 0.3 is 11.5 Å². The predicted molar refractivity (Wildman–Crippen MR) is 323 cm³/mol. The number of anilines is 2. The number of allylic oxidation sites excluding steroid dienone is 4. The number of carbonyl (C=O) groups is 6. The Morgan fingerprint density at radius 1 is 0.630 bits per heavy atom. The summed E-state index contributed by atoms with van der Waals surface area (Å²) in [5.41, 5.74) is 11.8. The summed E-state index contributed by atoms with van der Waals surface area (Å²) in [6, 6.07) is 4.79. The van der Waals surface area contributed by atoms with E-state index in [2.05, 4.69) is 84.7 Å². The Kier molecular flexibility index (Phi) is 36.0. The van der Waals surface area contributed by atoms with Crippen LogP contribution in [0.25, 0.3) is 11.2 Å². The van der Waals surface area contributed by atoms with Crippen molar-refractivity contribution >= 4 is 58.2 Å². The van der Waals surface area contributed by atoms with Crippen molar-refractivity contribution in [3.63, 3.8) is 0 Å². The second-order valence-corrected chi connectivity index (χ2v) is 21.7. The van der Waals surface area contributed by atoms with Gasteiger partial charge in [-0.3, -0.25) is 28.8 Å². The molecular weight excluding hydrogens is 1030 g/mol. The van der Waals surface area contributed by atoms with E-state index in [1.165, 1.54) is 95.4 Å². The van der Waals surface area contributed by atoms with Crippen LogP contribution in [0.2, 0.25) is 0 Å². The maximum absolute atomic E-state index is 13.2. The Morgan fingerprint density at radius 2 is 1.10 bits per heavy atom. The number of rotatable bonds is 48. The van der Waals surface area contributed by atoms with Gasteiger partial charge in [0.25, 0.3) is 5.91 Å². The van der Waals surface area contributed by atoms with Crippen LogP contribution in [0, 0.1) is 5.41 Å². The molecule has 0 aliphatic heterocycles. The van der Waals surface area contributed by atoms with Gasteiger partial charge in [-0.05, 0) is 94.9 Å². The second kappa shape index (κ2) is 42.4. The number of ketones is 1. The molecule has 1 aromatic carbocycles. The van der Waals surface area contributed by atoms with Gasteiger partial charge in [0, 0.05) is 62.1 Å². The summed E-state index contributed by atoms with van der Waals surface area (Å²) in [5.74, 6) is -3.54. The minimum Gasteiger partial charge on any atom is -0.480 e. The first kappa shape index (κ1) is 68.8. The number of H-pyrrole nitrogens is 1. The maximum atomic E-state index is 13.2. The first-order valence-corrected chi connectivity index (χ1v) is 30.5. The van der Waals surface area contributed by atoms with Gasteiger partial charge in [0.2, 0.25) is 23.7 Å². The molecular formula is C62H99N11O8. The highest BCUT2D eigenvalue weighted by Gasteiger charge is 2.31. The number of aliphatic carboxylic acids is 1. The summed E-state index contributed by atoms with van der Waals surface area (Å²) in [7, 11) is 0. The second-order valence-electron chi connectivity index (χ2n) is 21.7. The van der Waals surface area contributed by atoms with Crippen LogP contribution in [-0.4, -0.2) is 92.6 Å². The molecule has 2 aromatic heterocycles. The van der Waals surface area contributed by atoms with Crippen LogP contribution in [0.5, 0.6) is 0 Å². The quantitative estimate of drug-likeness (QED) is 0.0144. The molecule has 19 heteroatoms. The van der Waals surface area contributed by atoms with Crippen LogP contribution in [0.1, 0.15) is 229 Å². The summed E-state index contributed by atoms with van der Waals surface area (Å²) < 4.78 is 0. The monoisotopic (exact) mass is 1130 g/mol. The fourth-order valence-electron chi connectivity index (χ4n) is 9.28. The van der Waals surface area contributed by atoms with Crippen molar-refractivity contribution in [3.05, 3.63) is 76.4 Å². The zero-order chi connectivity index (χ0) is 58.8. The number of unbranched alkanes of at least 4 members (excludes halogenated alkanes) is 22. The van der Waals surface area contributed by atoms with Crippen molar-refractivity contribution in [2.24, 2.45) is 11.1 Å². The Bertz CT molecular complexity index is 2370. The highest BCUT2D eigenvalue weighted by molar-refractivity contribution is 5.99. The predicted octanol–water partition coefficient (Wildman–Crippen LogP) is 10.2. The number of amides is 4. The van der Waals surface area contributed by atoms with Crippen molar-refractivity contribution < 1.29 is 33.9 Å². The smallest absolute Gasteiger partial charge is 0.326 e. The van der Waals surface area contributed by atoms with Crippen LogP contribution in [0.3, 0.4) is 0 Å². The third-order valence-electron chi connectivity index (χ3n) is 14.5. The highest BCUT2D eigenvalue weighted by atomic mass is 16.4. The third-order valence-corrected chi connectivity index (χ3v) is 14.5. The van der Waals surface area contributed by atoms with E-state index in [0.717, 1.165) is 89.9 Å². The van der Waals surface area contributed by atoms with Gasteiger partial charge in [0.05, 0.1) is 24.9 Å². The molecule has 19 nitrogen and oxygen atoms in total. The lowest BCUT2D eigenvalue weighted by molar-refractivity contribution is -0.139. The van der Waals surface area contributed by atoms with Crippen molar-refractivity contribution in [2.75, 3.05) is 37.2 Å². The number of nitrogens with two attached hydrogens (primary N) is 2. The molecule has 2 heterocycles. The zero-order valence-corrected chi connectivity index (χ0v) is 49.0. The van der Waals surface area contributed by atoms with E-state index >= 15 is 0 Å². The normalized spacial score (nSPS) is 12.0. The number of hydrogen-bond donors (Lipinski definition) is 9. The van der Waals surface area contributed by atoms with Crippen LogP contribution in [0.15, 0.2) is 59.6 Å². The SMILES string of the molecule is CCCCCCCC/C=C\CCCCCCCC(=O)NCC(CN)(CNC(=O)CCCCCCC/C=C\CCCCCCCC)CNC(=O)CC(=O)CC[C@H](NC(=O)c1ccc(NCc2cnc3[nH]c(N)nc(=O)c3n2)cc1)C(=O)O. The molecule has 450 valence electrons. The Labute approximate surface area is 481 Å². The molecule has 0 radical (unpaired) electrons. The van der Waals surface area contributed by atoms with Gasteiger partial charge in [-0.2, -0.15) is 4.98 Å². The molecule has 0 saturated heterocycles. The van der Waals surface area contributed by atoms with E-state index in [9.17, 15) is 38.7 Å². The number of nitrogens with zero attached hydrogens (tertiary/aromatic N) is 3.